The minimum absolute atomic E-state index is 0.0276. The molecule has 15 heteroatoms. The molecular formula is C38H42F2N6O7. The average molecular weight is 733 g/mol. The number of nitrogens with zero attached hydrogens (tertiary/aromatic N) is 3. The number of benzene rings is 3. The van der Waals surface area contributed by atoms with E-state index < -0.39 is 60.5 Å². The normalized spacial score (nSPS) is 12.3. The first kappa shape index (κ1) is 39.8. The van der Waals surface area contributed by atoms with E-state index in [-0.39, 0.29) is 24.5 Å². The molecule has 0 spiro atoms. The largest absolute Gasteiger partial charge is 0.444 e. The number of alkyl halides is 2. The lowest BCUT2D eigenvalue weighted by molar-refractivity contribution is -0.168. The van der Waals surface area contributed by atoms with Crippen molar-refractivity contribution in [2.24, 2.45) is 0 Å². The second-order valence-corrected chi connectivity index (χ2v) is 12.1. The van der Waals surface area contributed by atoms with E-state index in [1.807, 2.05) is 18.3 Å². The van der Waals surface area contributed by atoms with Gasteiger partial charge in [0, 0.05) is 18.7 Å². The van der Waals surface area contributed by atoms with Crippen molar-refractivity contribution in [3.8, 4) is 11.4 Å². The van der Waals surface area contributed by atoms with Crippen LogP contribution < -0.4 is 21.5 Å². The molecular weight excluding hydrogens is 690 g/mol. The van der Waals surface area contributed by atoms with E-state index in [2.05, 4.69) is 15.6 Å². The third-order valence-electron chi connectivity index (χ3n) is 8.29. The Morgan fingerprint density at radius 1 is 0.943 bits per heavy atom. The molecule has 0 fully saturated rings. The zero-order valence-corrected chi connectivity index (χ0v) is 29.6. The van der Waals surface area contributed by atoms with Crippen LogP contribution in [-0.2, 0) is 38.7 Å². The van der Waals surface area contributed by atoms with E-state index in [0.717, 1.165) is 16.3 Å². The van der Waals surface area contributed by atoms with Gasteiger partial charge in [0.05, 0.1) is 18.8 Å². The van der Waals surface area contributed by atoms with Gasteiger partial charge in [-0.05, 0) is 44.4 Å². The van der Waals surface area contributed by atoms with Crippen LogP contribution in [0.1, 0.15) is 30.5 Å². The minimum Gasteiger partial charge on any atom is -0.444 e. The average Bonchev–Trinajstić information content (AvgIpc) is 3.15. The summed E-state index contributed by atoms with van der Waals surface area (Å²) in [4.78, 5) is 70.7. The first-order chi connectivity index (χ1) is 25.3. The molecule has 2 unspecified atom stereocenters. The van der Waals surface area contributed by atoms with Crippen molar-refractivity contribution in [1.82, 2.24) is 25.1 Å². The minimum atomic E-state index is -4.45. The van der Waals surface area contributed by atoms with Gasteiger partial charge < -0.3 is 25.4 Å². The van der Waals surface area contributed by atoms with Gasteiger partial charge in [0.1, 0.15) is 30.8 Å². The number of carbonyl (C=O) groups excluding carboxylic acids is 4. The Labute approximate surface area is 305 Å². The van der Waals surface area contributed by atoms with Gasteiger partial charge >= 0.3 is 12.0 Å². The number of nitrogens with one attached hydrogen (secondary N) is 3. The highest BCUT2D eigenvalue weighted by Crippen LogP contribution is 2.24. The number of aliphatic hydroxyl groups excluding tert-OH is 1. The van der Waals surface area contributed by atoms with E-state index in [1.165, 1.54) is 4.90 Å². The van der Waals surface area contributed by atoms with Crippen LogP contribution in [-0.4, -0.2) is 81.1 Å². The van der Waals surface area contributed by atoms with Crippen LogP contribution in [0.15, 0.2) is 95.9 Å². The number of anilines is 1. The fraction of sp³-hybridized carbons (Fsp3) is 0.316. The maximum Gasteiger partial charge on any atom is 0.412 e. The van der Waals surface area contributed by atoms with Crippen LogP contribution in [0, 0.1) is 6.92 Å². The molecule has 2 atom stereocenters. The molecule has 53 heavy (non-hydrogen) atoms. The second kappa shape index (κ2) is 18.5. The maximum absolute atomic E-state index is 15.5. The third kappa shape index (κ3) is 10.8. The van der Waals surface area contributed by atoms with Crippen molar-refractivity contribution in [1.29, 1.82) is 0 Å². The Bertz CT molecular complexity index is 1940. The molecule has 0 saturated carbocycles. The summed E-state index contributed by atoms with van der Waals surface area (Å²) in [5.41, 5.74) is 1.22. The molecule has 1 heterocycles. The molecule has 0 radical (unpaired) electrons. The van der Waals surface area contributed by atoms with Crippen molar-refractivity contribution >= 4 is 29.5 Å². The number of amides is 4. The van der Waals surface area contributed by atoms with Gasteiger partial charge in [0.2, 0.25) is 11.8 Å². The van der Waals surface area contributed by atoms with E-state index in [9.17, 15) is 29.1 Å². The lowest BCUT2D eigenvalue weighted by Crippen LogP contribution is -2.59. The van der Waals surface area contributed by atoms with E-state index in [1.54, 1.807) is 92.7 Å². The molecule has 0 saturated heterocycles. The first-order valence-corrected chi connectivity index (χ1v) is 16.9. The van der Waals surface area contributed by atoms with E-state index >= 15 is 8.78 Å². The molecule has 3 aromatic carbocycles. The maximum atomic E-state index is 15.5. The summed E-state index contributed by atoms with van der Waals surface area (Å²) in [5, 5.41) is 17.6. The van der Waals surface area contributed by atoms with Gasteiger partial charge in [-0.3, -0.25) is 29.1 Å². The molecule has 4 rings (SSSR count). The van der Waals surface area contributed by atoms with Gasteiger partial charge in [0.15, 0.2) is 0 Å². The molecule has 13 nitrogen and oxygen atoms in total. The Balaban J connectivity index is 1.60. The zero-order valence-electron chi connectivity index (χ0n) is 29.6. The number of hydrogen-bond donors (Lipinski definition) is 4. The number of halogens is 2. The highest BCUT2D eigenvalue weighted by atomic mass is 19.3. The number of likely N-dealkylation sites (N-methyl/N-ethyl adjacent to an activating group) is 1. The Morgan fingerprint density at radius 2 is 1.58 bits per heavy atom. The van der Waals surface area contributed by atoms with Crippen LogP contribution in [0.25, 0.3) is 11.4 Å². The number of ether oxygens (including phenoxy) is 1. The quantitative estimate of drug-likeness (QED) is 0.135. The molecule has 4 aromatic rings. The molecule has 4 amide bonds. The predicted octanol–water partition coefficient (Wildman–Crippen LogP) is 3.68. The van der Waals surface area contributed by atoms with Crippen LogP contribution >= 0.6 is 0 Å². The van der Waals surface area contributed by atoms with Gasteiger partial charge in [-0.25, -0.2) is 9.78 Å². The fourth-order valence-electron chi connectivity index (χ4n) is 5.46. The Kier molecular flexibility index (Phi) is 13.9. The Hall–Kier alpha value is -5.96. The zero-order chi connectivity index (χ0) is 38.5. The second-order valence-electron chi connectivity index (χ2n) is 12.1. The fourth-order valence-corrected chi connectivity index (χ4v) is 5.46. The summed E-state index contributed by atoms with van der Waals surface area (Å²) in [6.07, 6.45) is -2.93. The smallest absolute Gasteiger partial charge is 0.412 e. The van der Waals surface area contributed by atoms with Crippen LogP contribution in [0.4, 0.5) is 19.3 Å². The van der Waals surface area contributed by atoms with Gasteiger partial charge in [-0.1, -0.05) is 84.4 Å². The lowest BCUT2D eigenvalue weighted by Gasteiger charge is -2.30. The molecule has 0 aliphatic carbocycles. The molecule has 4 N–H and O–H groups in total. The number of aromatic nitrogens is 2. The summed E-state index contributed by atoms with van der Waals surface area (Å²) in [7, 11) is 0. The van der Waals surface area contributed by atoms with Crippen molar-refractivity contribution in [3.05, 3.63) is 118 Å². The number of carbonyl (C=O) groups is 4. The summed E-state index contributed by atoms with van der Waals surface area (Å²) in [5.74, 6) is -7.91. The predicted molar refractivity (Wildman–Crippen MR) is 193 cm³/mol. The van der Waals surface area contributed by atoms with Crippen LogP contribution in [0.5, 0.6) is 0 Å². The van der Waals surface area contributed by atoms with Crippen LogP contribution in [0.3, 0.4) is 0 Å². The first-order valence-electron chi connectivity index (χ1n) is 16.9. The molecule has 0 bridgehead atoms. The number of aryl methyl sites for hydroxylation is 1. The third-order valence-corrected chi connectivity index (χ3v) is 8.29. The number of hydrogen-bond acceptors (Lipinski definition) is 8. The topological polar surface area (TPSA) is 172 Å². The number of aliphatic hydroxyl groups is 1. The molecule has 0 aliphatic rings. The molecule has 1 aromatic heterocycles. The summed E-state index contributed by atoms with van der Waals surface area (Å²) < 4.78 is 37.2. The molecule has 280 valence electrons. The highest BCUT2D eigenvalue weighted by molar-refractivity contribution is 5.89. The lowest BCUT2D eigenvalue weighted by atomic mass is 9.96. The van der Waals surface area contributed by atoms with Gasteiger partial charge in [0.25, 0.3) is 11.5 Å². The van der Waals surface area contributed by atoms with Crippen LogP contribution in [0.2, 0.25) is 0 Å². The summed E-state index contributed by atoms with van der Waals surface area (Å²) in [6.45, 7) is 4.22. The standard InChI is InChI=1S/C38H42F2N6O7/c1-4-45(5-2)32(48)22-42-36(51)38(39,40)33(49)29(20-26-14-8-6-9-15-26)43-31(47)23-46-34(28-18-12-13-25(3)19-28)41-21-30(35(46)50)44-37(52)53-24-27-16-10-7-11-17-27/h6-19,21,29,33,49H,4-5,20,22-24H2,1-3H3,(H,42,51)(H,43,47)(H,44,52). The van der Waals surface area contributed by atoms with Crippen molar-refractivity contribution in [2.45, 2.75) is 58.4 Å². The van der Waals surface area contributed by atoms with Crippen molar-refractivity contribution < 1.29 is 37.8 Å². The summed E-state index contributed by atoms with van der Waals surface area (Å²) in [6, 6.07) is 22.1. The SMILES string of the molecule is CCN(CC)C(=O)CNC(=O)C(F)(F)C(O)C(Cc1ccccc1)NC(=O)Cn1c(-c2cccc(C)c2)ncc(NC(=O)OCc2ccccc2)c1=O. The van der Waals surface area contributed by atoms with Gasteiger partial charge in [-0.15, -0.1) is 0 Å². The van der Waals surface area contributed by atoms with Crippen molar-refractivity contribution in [3.63, 3.8) is 0 Å². The van der Waals surface area contributed by atoms with Crippen molar-refractivity contribution in [2.75, 3.05) is 25.0 Å². The van der Waals surface area contributed by atoms with Gasteiger partial charge in [-0.2, -0.15) is 8.78 Å². The number of rotatable bonds is 16. The monoisotopic (exact) mass is 732 g/mol. The summed E-state index contributed by atoms with van der Waals surface area (Å²) >= 11 is 0. The van der Waals surface area contributed by atoms with E-state index in [0.29, 0.717) is 29.8 Å². The van der Waals surface area contributed by atoms with E-state index in [4.69, 9.17) is 4.74 Å². The highest BCUT2D eigenvalue weighted by Gasteiger charge is 2.50. The Morgan fingerprint density at radius 3 is 2.21 bits per heavy atom. The molecule has 0 aliphatic heterocycles.